The highest BCUT2D eigenvalue weighted by Gasteiger charge is 2.01. The summed E-state index contributed by atoms with van der Waals surface area (Å²) in [6.07, 6.45) is 18.4. The number of primary amides is 1. The average molecular weight is 328 g/mol. The van der Waals surface area contributed by atoms with Crippen molar-refractivity contribution in [2.75, 3.05) is 6.54 Å². The predicted octanol–water partition coefficient (Wildman–Crippen LogP) is 4.85. The fraction of sp³-hybridized carbons (Fsp3) is 0.889. The van der Waals surface area contributed by atoms with Crippen LogP contribution in [0.15, 0.2) is 0 Å². The minimum atomic E-state index is -0.816. The van der Waals surface area contributed by atoms with Crippen molar-refractivity contribution < 1.29 is 9.59 Å². The van der Waals surface area contributed by atoms with E-state index in [0.29, 0.717) is 6.54 Å². The zero-order valence-electron chi connectivity index (χ0n) is 15.0. The van der Waals surface area contributed by atoms with Crippen LogP contribution in [-0.4, -0.2) is 18.6 Å². The molecule has 5 nitrogen and oxygen atoms in total. The zero-order chi connectivity index (χ0) is 17.2. The maximum atomic E-state index is 11.1. The molecular formula is C18H37N3O2. The molecule has 0 saturated carbocycles. The molecule has 0 radical (unpaired) electrons. The van der Waals surface area contributed by atoms with Crippen molar-refractivity contribution in [3.8, 4) is 0 Å². The number of nitrogens with two attached hydrogens (primary N) is 1. The van der Waals surface area contributed by atoms with Gasteiger partial charge >= 0.3 is 12.1 Å². The van der Waals surface area contributed by atoms with Crippen molar-refractivity contribution in [3.05, 3.63) is 0 Å². The lowest BCUT2D eigenvalue weighted by atomic mass is 10.0. The molecule has 0 aliphatic carbocycles. The largest absolute Gasteiger partial charge is 0.351 e. The quantitative estimate of drug-likeness (QED) is 0.376. The Hall–Kier alpha value is -1.26. The van der Waals surface area contributed by atoms with Gasteiger partial charge in [0.1, 0.15) is 0 Å². The molecule has 0 rings (SSSR count). The summed E-state index contributed by atoms with van der Waals surface area (Å²) in [5, 5.41) is 4.59. The molecule has 0 fully saturated rings. The molecule has 0 aliphatic rings. The summed E-state index contributed by atoms with van der Waals surface area (Å²) >= 11 is 0. The molecule has 0 aromatic heterocycles. The number of imide groups is 1. The molecule has 0 heterocycles. The number of hydrogen-bond acceptors (Lipinski definition) is 2. The molecule has 0 spiro atoms. The normalized spacial score (nSPS) is 10.5. The minimum Gasteiger partial charge on any atom is -0.351 e. The van der Waals surface area contributed by atoms with E-state index in [2.05, 4.69) is 12.2 Å². The van der Waals surface area contributed by atoms with Gasteiger partial charge in [-0.25, -0.2) is 9.59 Å². The van der Waals surface area contributed by atoms with E-state index < -0.39 is 12.1 Å². The molecule has 0 saturated heterocycles. The predicted molar refractivity (Wildman–Crippen MR) is 96.4 cm³/mol. The maximum absolute atomic E-state index is 11.1. The van der Waals surface area contributed by atoms with Gasteiger partial charge in [0.25, 0.3) is 0 Å². The van der Waals surface area contributed by atoms with E-state index in [1.807, 2.05) is 5.32 Å². The number of rotatable bonds is 15. The fourth-order valence-electron chi connectivity index (χ4n) is 2.68. The van der Waals surface area contributed by atoms with Crippen molar-refractivity contribution in [3.63, 3.8) is 0 Å². The molecule has 0 aromatic rings. The topological polar surface area (TPSA) is 84.2 Å². The summed E-state index contributed by atoms with van der Waals surface area (Å²) in [5.41, 5.74) is 4.84. The third kappa shape index (κ3) is 18.7. The molecule has 4 amide bonds. The Bertz CT molecular complexity index is 296. The van der Waals surface area contributed by atoms with Crippen LogP contribution in [0.3, 0.4) is 0 Å². The van der Waals surface area contributed by atoms with Gasteiger partial charge in [0.05, 0.1) is 0 Å². The second kappa shape index (κ2) is 17.1. The van der Waals surface area contributed by atoms with Gasteiger partial charge in [0, 0.05) is 6.54 Å². The number of carbonyl (C=O) groups is 2. The number of nitrogens with one attached hydrogen (secondary N) is 2. The van der Waals surface area contributed by atoms with Crippen LogP contribution in [0, 0.1) is 0 Å². The molecule has 5 heteroatoms. The number of amides is 4. The van der Waals surface area contributed by atoms with E-state index in [4.69, 9.17) is 5.73 Å². The highest BCUT2D eigenvalue weighted by molar-refractivity contribution is 5.92. The first-order valence-electron chi connectivity index (χ1n) is 9.51. The molecule has 0 unspecified atom stereocenters. The first-order chi connectivity index (χ1) is 11.2. The molecule has 136 valence electrons. The highest BCUT2D eigenvalue weighted by atomic mass is 16.2. The standard InChI is InChI=1S/C18H37N3O2/c1-2-3-4-5-6-7-8-9-10-11-12-13-14-15-16-20-18(23)21-17(19)22/h2-16H2,1H3,(H4,19,20,21,22,23). The van der Waals surface area contributed by atoms with Crippen LogP contribution in [0.4, 0.5) is 9.59 Å². The SMILES string of the molecule is CCCCCCCCCCCCCCCCNC(=O)NC(N)=O. The van der Waals surface area contributed by atoms with Crippen LogP contribution < -0.4 is 16.4 Å². The average Bonchev–Trinajstić information content (AvgIpc) is 2.50. The minimum absolute atomic E-state index is 0.507. The maximum Gasteiger partial charge on any atom is 0.322 e. The van der Waals surface area contributed by atoms with Gasteiger partial charge in [0.15, 0.2) is 0 Å². The Morgan fingerprint density at radius 3 is 1.48 bits per heavy atom. The van der Waals surface area contributed by atoms with Crippen LogP contribution in [0.2, 0.25) is 0 Å². The van der Waals surface area contributed by atoms with Crippen LogP contribution in [0.5, 0.6) is 0 Å². The molecule has 0 aliphatic heterocycles. The molecule has 0 aromatic carbocycles. The van der Waals surface area contributed by atoms with Crippen LogP contribution >= 0.6 is 0 Å². The molecule has 4 N–H and O–H groups in total. The van der Waals surface area contributed by atoms with Gasteiger partial charge < -0.3 is 11.1 Å². The zero-order valence-corrected chi connectivity index (χ0v) is 15.0. The lowest BCUT2D eigenvalue weighted by molar-refractivity contribution is 0.231. The first kappa shape index (κ1) is 21.7. The van der Waals surface area contributed by atoms with Gasteiger partial charge in [-0.15, -0.1) is 0 Å². The number of hydrogen-bond donors (Lipinski definition) is 3. The van der Waals surface area contributed by atoms with Crippen molar-refractivity contribution in [2.45, 2.75) is 96.8 Å². The van der Waals surface area contributed by atoms with Crippen molar-refractivity contribution in [2.24, 2.45) is 5.73 Å². The lowest BCUT2D eigenvalue weighted by Gasteiger charge is -2.05. The third-order valence-corrected chi connectivity index (χ3v) is 4.05. The van der Waals surface area contributed by atoms with Gasteiger partial charge in [-0.1, -0.05) is 90.4 Å². The van der Waals surface area contributed by atoms with Crippen LogP contribution in [-0.2, 0) is 0 Å². The summed E-state index contributed by atoms with van der Waals surface area (Å²) < 4.78 is 0. The Morgan fingerprint density at radius 2 is 1.09 bits per heavy atom. The van der Waals surface area contributed by atoms with E-state index in [-0.39, 0.29) is 0 Å². The summed E-state index contributed by atoms with van der Waals surface area (Å²) in [4.78, 5) is 21.5. The molecule has 0 atom stereocenters. The molecule has 23 heavy (non-hydrogen) atoms. The smallest absolute Gasteiger partial charge is 0.322 e. The fourth-order valence-corrected chi connectivity index (χ4v) is 2.68. The lowest BCUT2D eigenvalue weighted by Crippen LogP contribution is -2.42. The number of carbonyl (C=O) groups excluding carboxylic acids is 2. The van der Waals surface area contributed by atoms with E-state index in [1.165, 1.54) is 77.0 Å². The first-order valence-corrected chi connectivity index (χ1v) is 9.51. The Kier molecular flexibility index (Phi) is 16.2. The second-order valence-electron chi connectivity index (χ2n) is 6.34. The van der Waals surface area contributed by atoms with E-state index in [0.717, 1.165) is 12.8 Å². The van der Waals surface area contributed by atoms with Crippen molar-refractivity contribution >= 4 is 12.1 Å². The third-order valence-electron chi connectivity index (χ3n) is 4.05. The van der Waals surface area contributed by atoms with Gasteiger partial charge in [-0.05, 0) is 6.42 Å². The Morgan fingerprint density at radius 1 is 0.696 bits per heavy atom. The molecular weight excluding hydrogens is 290 g/mol. The van der Waals surface area contributed by atoms with Crippen molar-refractivity contribution in [1.82, 2.24) is 10.6 Å². The second-order valence-corrected chi connectivity index (χ2v) is 6.34. The van der Waals surface area contributed by atoms with E-state index in [1.54, 1.807) is 0 Å². The number of unbranched alkanes of at least 4 members (excludes halogenated alkanes) is 13. The monoisotopic (exact) mass is 327 g/mol. The van der Waals surface area contributed by atoms with Gasteiger partial charge in [-0.3, -0.25) is 5.32 Å². The van der Waals surface area contributed by atoms with E-state index in [9.17, 15) is 9.59 Å². The van der Waals surface area contributed by atoms with Crippen LogP contribution in [0.1, 0.15) is 96.8 Å². The van der Waals surface area contributed by atoms with E-state index >= 15 is 0 Å². The van der Waals surface area contributed by atoms with Gasteiger partial charge in [-0.2, -0.15) is 0 Å². The van der Waals surface area contributed by atoms with Crippen molar-refractivity contribution in [1.29, 1.82) is 0 Å². The Balaban J connectivity index is 3.08. The summed E-state index contributed by atoms with van der Waals surface area (Å²) in [6, 6.07) is -1.32. The summed E-state index contributed by atoms with van der Waals surface area (Å²) in [5.74, 6) is 0. The Labute approximate surface area is 142 Å². The number of urea groups is 2. The summed E-state index contributed by atoms with van der Waals surface area (Å²) in [6.45, 7) is 2.86. The molecule has 0 bridgehead atoms. The highest BCUT2D eigenvalue weighted by Crippen LogP contribution is 2.12. The van der Waals surface area contributed by atoms with Gasteiger partial charge in [0.2, 0.25) is 0 Å². The summed E-state index contributed by atoms with van der Waals surface area (Å²) in [7, 11) is 0. The van der Waals surface area contributed by atoms with Crippen LogP contribution in [0.25, 0.3) is 0 Å².